The molecule has 3 aromatic heterocycles. The van der Waals surface area contributed by atoms with Crippen LogP contribution in [0.4, 0.5) is 21.7 Å². The summed E-state index contributed by atoms with van der Waals surface area (Å²) in [5.74, 6) is 0.365. The molecule has 10 nitrogen and oxygen atoms in total. The van der Waals surface area contributed by atoms with E-state index in [1.807, 2.05) is 42.6 Å². The van der Waals surface area contributed by atoms with E-state index in [0.717, 1.165) is 38.1 Å². The van der Waals surface area contributed by atoms with E-state index >= 15 is 0 Å². The van der Waals surface area contributed by atoms with Crippen LogP contribution in [0.15, 0.2) is 55.0 Å². The van der Waals surface area contributed by atoms with Crippen LogP contribution in [0.1, 0.15) is 0 Å². The lowest BCUT2D eigenvalue weighted by molar-refractivity contribution is 0.189. The third-order valence-corrected chi connectivity index (χ3v) is 5.99. The number of ether oxygens (including phenoxy) is 1. The Morgan fingerprint density at radius 1 is 1.09 bits per heavy atom. The molecule has 1 fully saturated rings. The maximum absolute atomic E-state index is 14.6. The van der Waals surface area contributed by atoms with Gasteiger partial charge >= 0.3 is 0 Å². The molecule has 35 heavy (non-hydrogen) atoms. The third kappa shape index (κ3) is 5.02. The summed E-state index contributed by atoms with van der Waals surface area (Å²) in [6.45, 7) is 4.43. The number of aromatic nitrogens is 4. The van der Waals surface area contributed by atoms with Crippen molar-refractivity contribution < 1.29 is 19.7 Å². The Morgan fingerprint density at radius 2 is 1.91 bits per heavy atom. The van der Waals surface area contributed by atoms with E-state index in [1.165, 1.54) is 0 Å². The normalized spacial score (nSPS) is 14.1. The van der Waals surface area contributed by atoms with E-state index in [1.54, 1.807) is 17.7 Å². The van der Waals surface area contributed by atoms with Crippen LogP contribution in [0.5, 0.6) is 5.75 Å². The van der Waals surface area contributed by atoms with E-state index in [2.05, 4.69) is 30.1 Å². The second kappa shape index (κ2) is 10.6. The van der Waals surface area contributed by atoms with Gasteiger partial charge in [0, 0.05) is 50.7 Å². The highest BCUT2D eigenvalue weighted by Gasteiger charge is 2.19. The van der Waals surface area contributed by atoms with E-state index in [9.17, 15) is 4.39 Å². The SMILES string of the molecule is COc1cc(N2CCN(CCO)CC2)ccc1Nc1ncc(F)c(-c2cnc3ccccn23)n1.O. The number of imidazole rings is 1. The quantitative estimate of drug-likeness (QED) is 0.411. The number of nitrogens with zero attached hydrogens (tertiary/aromatic N) is 6. The first-order valence-corrected chi connectivity index (χ1v) is 11.1. The lowest BCUT2D eigenvalue weighted by Gasteiger charge is -2.36. The van der Waals surface area contributed by atoms with Crippen LogP contribution in [-0.2, 0) is 0 Å². The van der Waals surface area contributed by atoms with Gasteiger partial charge in [-0.2, -0.15) is 0 Å². The Morgan fingerprint density at radius 3 is 2.69 bits per heavy atom. The highest BCUT2D eigenvalue weighted by Crippen LogP contribution is 2.32. The van der Waals surface area contributed by atoms with E-state index in [-0.39, 0.29) is 23.7 Å². The highest BCUT2D eigenvalue weighted by molar-refractivity contribution is 5.69. The molecular formula is C24H28FN7O3. The fourth-order valence-corrected chi connectivity index (χ4v) is 4.19. The van der Waals surface area contributed by atoms with Crippen LogP contribution in [-0.4, -0.2) is 81.3 Å². The molecule has 1 aliphatic rings. The molecule has 4 N–H and O–H groups in total. The molecule has 4 heterocycles. The smallest absolute Gasteiger partial charge is 0.228 e. The number of benzene rings is 1. The second-order valence-corrected chi connectivity index (χ2v) is 8.02. The van der Waals surface area contributed by atoms with Crippen molar-refractivity contribution in [1.82, 2.24) is 24.3 Å². The van der Waals surface area contributed by atoms with Gasteiger partial charge in [-0.15, -0.1) is 0 Å². The van der Waals surface area contributed by atoms with Crippen LogP contribution >= 0.6 is 0 Å². The molecule has 1 saturated heterocycles. The Kier molecular flexibility index (Phi) is 7.39. The molecule has 0 unspecified atom stereocenters. The molecule has 0 atom stereocenters. The van der Waals surface area contributed by atoms with Crippen LogP contribution in [0.3, 0.4) is 0 Å². The predicted octanol–water partition coefficient (Wildman–Crippen LogP) is 1.97. The Hall–Kier alpha value is -3.80. The second-order valence-electron chi connectivity index (χ2n) is 8.02. The van der Waals surface area contributed by atoms with Crippen molar-refractivity contribution in [1.29, 1.82) is 0 Å². The van der Waals surface area contributed by atoms with Crippen molar-refractivity contribution in [2.24, 2.45) is 0 Å². The zero-order valence-electron chi connectivity index (χ0n) is 19.4. The molecular weight excluding hydrogens is 453 g/mol. The summed E-state index contributed by atoms with van der Waals surface area (Å²) in [6, 6.07) is 11.5. The molecule has 184 valence electrons. The van der Waals surface area contributed by atoms with Gasteiger partial charge in [0.15, 0.2) is 5.82 Å². The molecule has 0 aliphatic carbocycles. The molecule has 0 saturated carbocycles. The van der Waals surface area contributed by atoms with Crippen LogP contribution in [0, 0.1) is 5.82 Å². The molecule has 1 aromatic carbocycles. The number of pyridine rings is 1. The van der Waals surface area contributed by atoms with Crippen molar-refractivity contribution in [3.63, 3.8) is 0 Å². The van der Waals surface area contributed by atoms with Gasteiger partial charge < -0.3 is 25.5 Å². The molecule has 0 bridgehead atoms. The number of halogens is 1. The minimum absolute atomic E-state index is 0. The first kappa shape index (κ1) is 24.3. The van der Waals surface area contributed by atoms with Gasteiger partial charge in [-0.05, 0) is 24.3 Å². The zero-order chi connectivity index (χ0) is 23.5. The predicted molar refractivity (Wildman–Crippen MR) is 132 cm³/mol. The summed E-state index contributed by atoms with van der Waals surface area (Å²) >= 11 is 0. The number of β-amino-alcohol motifs (C(OH)–C–C–N with tert-alkyl or cyclic N) is 1. The first-order valence-electron chi connectivity index (χ1n) is 11.1. The van der Waals surface area contributed by atoms with Gasteiger partial charge in [-0.1, -0.05) is 6.07 Å². The molecule has 0 amide bonds. The number of fused-ring (bicyclic) bond motifs is 1. The largest absolute Gasteiger partial charge is 0.494 e. The van der Waals surface area contributed by atoms with Gasteiger partial charge in [0.25, 0.3) is 0 Å². The minimum Gasteiger partial charge on any atom is -0.494 e. The third-order valence-electron chi connectivity index (χ3n) is 5.99. The molecule has 5 rings (SSSR count). The molecule has 1 aliphatic heterocycles. The molecule has 11 heteroatoms. The first-order chi connectivity index (χ1) is 16.7. The average molecular weight is 482 g/mol. The summed E-state index contributed by atoms with van der Waals surface area (Å²) < 4.78 is 22.0. The van der Waals surface area contributed by atoms with Crippen molar-refractivity contribution in [2.75, 3.05) is 56.7 Å². The maximum atomic E-state index is 14.6. The lowest BCUT2D eigenvalue weighted by atomic mass is 10.2. The molecule has 0 radical (unpaired) electrons. The monoisotopic (exact) mass is 481 g/mol. The van der Waals surface area contributed by atoms with Gasteiger partial charge in [-0.25, -0.2) is 19.3 Å². The summed E-state index contributed by atoms with van der Waals surface area (Å²) in [6.07, 6.45) is 4.57. The summed E-state index contributed by atoms with van der Waals surface area (Å²) in [5, 5.41) is 12.3. The van der Waals surface area contributed by atoms with Crippen LogP contribution < -0.4 is 15.0 Å². The van der Waals surface area contributed by atoms with E-state index in [4.69, 9.17) is 9.84 Å². The standard InChI is InChI=1S/C24H26FN7O2.H2O/c1-34-21-14-17(31-10-8-30(9-11-31)12-13-33)5-6-19(21)28-24-27-15-18(25)23(29-24)20-16-26-22-4-2-3-7-32(20)22;/h2-7,14-16,33H,8-13H2,1H3,(H,27,28,29);1H2. The van der Waals surface area contributed by atoms with Gasteiger partial charge in [0.1, 0.15) is 17.1 Å². The lowest BCUT2D eigenvalue weighted by Crippen LogP contribution is -2.47. The molecule has 4 aromatic rings. The zero-order valence-corrected chi connectivity index (χ0v) is 19.4. The van der Waals surface area contributed by atoms with Crippen molar-refractivity contribution in [3.05, 3.63) is 60.8 Å². The number of anilines is 3. The minimum atomic E-state index is -0.529. The van der Waals surface area contributed by atoms with Crippen molar-refractivity contribution in [2.45, 2.75) is 0 Å². The summed E-state index contributed by atoms with van der Waals surface area (Å²) in [5.41, 5.74) is 3.14. The number of hydrogen-bond donors (Lipinski definition) is 2. The number of aliphatic hydroxyl groups excluding tert-OH is 1. The Bertz CT molecular complexity index is 1290. The van der Waals surface area contributed by atoms with E-state index in [0.29, 0.717) is 29.3 Å². The fourth-order valence-electron chi connectivity index (χ4n) is 4.19. The van der Waals surface area contributed by atoms with Crippen molar-refractivity contribution >= 4 is 23.0 Å². The fraction of sp³-hybridized carbons (Fsp3) is 0.292. The van der Waals surface area contributed by atoms with E-state index < -0.39 is 5.82 Å². The Balaban J connectivity index is 0.00000289. The number of methoxy groups -OCH3 is 1. The topological polar surface area (TPSA) is 123 Å². The van der Waals surface area contributed by atoms with Crippen LogP contribution in [0.2, 0.25) is 0 Å². The van der Waals surface area contributed by atoms with Gasteiger partial charge in [0.05, 0.1) is 37.5 Å². The maximum Gasteiger partial charge on any atom is 0.228 e. The summed E-state index contributed by atoms with van der Waals surface area (Å²) in [7, 11) is 1.61. The number of rotatable bonds is 7. The van der Waals surface area contributed by atoms with Crippen molar-refractivity contribution in [3.8, 4) is 17.1 Å². The van der Waals surface area contributed by atoms with Crippen LogP contribution in [0.25, 0.3) is 17.0 Å². The number of hydrogen-bond acceptors (Lipinski definition) is 8. The summed E-state index contributed by atoms with van der Waals surface area (Å²) in [4.78, 5) is 17.4. The average Bonchev–Trinajstić information content (AvgIpc) is 3.30. The number of nitrogens with one attached hydrogen (secondary N) is 1. The Labute approximate surface area is 201 Å². The number of piperazine rings is 1. The van der Waals surface area contributed by atoms with Gasteiger partial charge in [-0.3, -0.25) is 9.30 Å². The van der Waals surface area contributed by atoms with Gasteiger partial charge in [0.2, 0.25) is 5.95 Å². The highest BCUT2D eigenvalue weighted by atomic mass is 19.1. The molecule has 0 spiro atoms. The number of aliphatic hydroxyl groups is 1.